The van der Waals surface area contributed by atoms with Gasteiger partial charge >= 0.3 is 0 Å². The van der Waals surface area contributed by atoms with Crippen LogP contribution in [0.2, 0.25) is 0 Å². The van der Waals surface area contributed by atoms with Crippen LogP contribution in [0.15, 0.2) is 30.3 Å². The second-order valence-corrected chi connectivity index (χ2v) is 6.42. The van der Waals surface area contributed by atoms with Gasteiger partial charge in [0.1, 0.15) is 0 Å². The van der Waals surface area contributed by atoms with E-state index in [0.717, 1.165) is 19.4 Å². The number of nitrogens with zero attached hydrogens (tertiary/aromatic N) is 2. The molecule has 1 aliphatic heterocycles. The fourth-order valence-electron chi connectivity index (χ4n) is 2.78. The second kappa shape index (κ2) is 8.67. The zero-order chi connectivity index (χ0) is 16.7. The van der Waals surface area contributed by atoms with Gasteiger partial charge in [0.15, 0.2) is 0 Å². The maximum atomic E-state index is 12.2. The highest BCUT2D eigenvalue weighted by molar-refractivity contribution is 5.89. The topological polar surface area (TPSA) is 52.6 Å². The summed E-state index contributed by atoms with van der Waals surface area (Å²) in [5, 5.41) is 2.97. The normalized spacial score (nSPS) is 17.8. The molecule has 1 saturated heterocycles. The van der Waals surface area contributed by atoms with Gasteiger partial charge in [-0.05, 0) is 32.5 Å². The molecular weight excluding hydrogens is 290 g/mol. The fraction of sp³-hybridized carbons (Fsp3) is 0.556. The van der Waals surface area contributed by atoms with E-state index in [1.807, 2.05) is 37.2 Å². The summed E-state index contributed by atoms with van der Waals surface area (Å²) in [4.78, 5) is 28.0. The van der Waals surface area contributed by atoms with Crippen LogP contribution in [0.25, 0.3) is 0 Å². The van der Waals surface area contributed by atoms with Gasteiger partial charge in [-0.1, -0.05) is 30.3 Å². The van der Waals surface area contributed by atoms with E-state index in [1.165, 1.54) is 5.56 Å². The molecule has 0 saturated carbocycles. The predicted molar refractivity (Wildman–Crippen MR) is 91.0 cm³/mol. The summed E-state index contributed by atoms with van der Waals surface area (Å²) in [5.74, 6) is -0.0866. The quantitative estimate of drug-likeness (QED) is 0.732. The number of hydrogen-bond donors (Lipinski definition) is 1. The highest BCUT2D eigenvalue weighted by atomic mass is 16.2. The molecule has 0 unspecified atom stereocenters. The van der Waals surface area contributed by atoms with E-state index in [9.17, 15) is 9.59 Å². The van der Waals surface area contributed by atoms with Crippen molar-refractivity contribution in [1.29, 1.82) is 0 Å². The summed E-state index contributed by atoms with van der Waals surface area (Å²) >= 11 is 0. The van der Waals surface area contributed by atoms with Gasteiger partial charge in [0.2, 0.25) is 11.8 Å². The summed E-state index contributed by atoms with van der Waals surface area (Å²) in [6.45, 7) is 2.74. The molecule has 1 heterocycles. The van der Waals surface area contributed by atoms with Crippen molar-refractivity contribution in [3.63, 3.8) is 0 Å². The van der Waals surface area contributed by atoms with Crippen molar-refractivity contribution < 1.29 is 9.59 Å². The third-order valence-corrected chi connectivity index (χ3v) is 4.19. The van der Waals surface area contributed by atoms with Crippen LogP contribution < -0.4 is 5.32 Å². The molecule has 1 aromatic carbocycles. The number of amides is 2. The molecule has 1 aliphatic rings. The number of nitrogens with one attached hydrogen (secondary N) is 1. The first kappa shape index (κ1) is 17.5. The van der Waals surface area contributed by atoms with Gasteiger partial charge in [-0.15, -0.1) is 0 Å². The van der Waals surface area contributed by atoms with Crippen molar-refractivity contribution in [3.8, 4) is 0 Å². The van der Waals surface area contributed by atoms with Crippen LogP contribution in [0.5, 0.6) is 0 Å². The number of likely N-dealkylation sites (tertiary alicyclic amines) is 1. The largest absolute Gasteiger partial charge is 0.356 e. The number of likely N-dealkylation sites (N-methyl/N-ethyl adjacent to an activating group) is 1. The van der Waals surface area contributed by atoms with E-state index in [2.05, 4.69) is 17.4 Å². The first-order valence-electron chi connectivity index (χ1n) is 8.30. The van der Waals surface area contributed by atoms with E-state index in [-0.39, 0.29) is 17.7 Å². The van der Waals surface area contributed by atoms with Crippen molar-refractivity contribution in [2.24, 2.45) is 5.92 Å². The average molecular weight is 317 g/mol. The molecule has 1 atom stereocenters. The first-order valence-corrected chi connectivity index (χ1v) is 8.30. The molecule has 5 heteroatoms. The Morgan fingerprint density at radius 3 is 2.74 bits per heavy atom. The fourth-order valence-corrected chi connectivity index (χ4v) is 2.78. The lowest BCUT2D eigenvalue weighted by Crippen LogP contribution is -2.35. The van der Waals surface area contributed by atoms with Crippen LogP contribution in [0, 0.1) is 5.92 Å². The minimum absolute atomic E-state index is 0.0127. The molecule has 1 aromatic rings. The van der Waals surface area contributed by atoms with Gasteiger partial charge in [-0.25, -0.2) is 0 Å². The molecule has 1 fully saturated rings. The highest BCUT2D eigenvalue weighted by Crippen LogP contribution is 2.17. The molecule has 2 amide bonds. The van der Waals surface area contributed by atoms with Gasteiger partial charge in [0.25, 0.3) is 0 Å². The van der Waals surface area contributed by atoms with Gasteiger partial charge in [0.05, 0.1) is 5.92 Å². The number of carbonyl (C=O) groups is 2. The van der Waals surface area contributed by atoms with Crippen molar-refractivity contribution in [1.82, 2.24) is 15.1 Å². The maximum absolute atomic E-state index is 12.2. The summed E-state index contributed by atoms with van der Waals surface area (Å²) in [6, 6.07) is 10.3. The number of aryl methyl sites for hydroxylation is 1. The molecule has 0 aliphatic carbocycles. The van der Waals surface area contributed by atoms with Gasteiger partial charge in [0, 0.05) is 32.6 Å². The van der Waals surface area contributed by atoms with Gasteiger partial charge in [-0.3, -0.25) is 9.59 Å². The Bertz CT molecular complexity index is 516. The van der Waals surface area contributed by atoms with E-state index in [0.29, 0.717) is 26.1 Å². The number of carbonyl (C=O) groups excluding carboxylic acids is 2. The van der Waals surface area contributed by atoms with Crippen LogP contribution in [0.1, 0.15) is 18.4 Å². The molecular formula is C18H27N3O2. The van der Waals surface area contributed by atoms with Crippen LogP contribution in [0.3, 0.4) is 0 Å². The molecule has 23 heavy (non-hydrogen) atoms. The molecule has 0 aromatic heterocycles. The molecule has 0 bridgehead atoms. The Kier molecular flexibility index (Phi) is 6.59. The lowest BCUT2D eigenvalue weighted by molar-refractivity contribution is -0.129. The lowest BCUT2D eigenvalue weighted by Gasteiger charge is -2.19. The SMILES string of the molecule is CN(C)CCN1C[C@H](C(=O)NCCCc2ccccc2)CC1=O. The molecule has 0 spiro atoms. The van der Waals surface area contributed by atoms with Crippen molar-refractivity contribution in [2.75, 3.05) is 40.3 Å². The minimum atomic E-state index is -0.193. The maximum Gasteiger partial charge on any atom is 0.225 e. The number of hydrogen-bond acceptors (Lipinski definition) is 3. The summed E-state index contributed by atoms with van der Waals surface area (Å²) in [7, 11) is 3.97. The van der Waals surface area contributed by atoms with E-state index < -0.39 is 0 Å². The Morgan fingerprint density at radius 1 is 1.30 bits per heavy atom. The number of benzene rings is 1. The van der Waals surface area contributed by atoms with Crippen molar-refractivity contribution >= 4 is 11.8 Å². The van der Waals surface area contributed by atoms with Crippen LogP contribution >= 0.6 is 0 Å². The average Bonchev–Trinajstić information content (AvgIpc) is 2.91. The van der Waals surface area contributed by atoms with Gasteiger partial charge in [-0.2, -0.15) is 0 Å². The van der Waals surface area contributed by atoms with Crippen LogP contribution in [-0.2, 0) is 16.0 Å². The molecule has 5 nitrogen and oxygen atoms in total. The molecule has 2 rings (SSSR count). The predicted octanol–water partition coefficient (Wildman–Crippen LogP) is 1.15. The zero-order valence-electron chi connectivity index (χ0n) is 14.1. The summed E-state index contributed by atoms with van der Waals surface area (Å²) in [6.07, 6.45) is 2.22. The highest BCUT2D eigenvalue weighted by Gasteiger charge is 2.33. The van der Waals surface area contributed by atoms with E-state index >= 15 is 0 Å². The van der Waals surface area contributed by atoms with Gasteiger partial charge < -0.3 is 15.1 Å². The first-order chi connectivity index (χ1) is 11.1. The molecule has 1 N–H and O–H groups in total. The lowest BCUT2D eigenvalue weighted by atomic mass is 10.1. The number of rotatable bonds is 8. The molecule has 0 radical (unpaired) electrons. The zero-order valence-corrected chi connectivity index (χ0v) is 14.1. The van der Waals surface area contributed by atoms with Crippen molar-refractivity contribution in [3.05, 3.63) is 35.9 Å². The Labute approximate surface area is 138 Å². The van der Waals surface area contributed by atoms with E-state index in [1.54, 1.807) is 4.90 Å². The Balaban J connectivity index is 1.67. The standard InChI is InChI=1S/C18H27N3O2/c1-20(2)11-12-21-14-16(13-17(21)22)18(23)19-10-6-9-15-7-4-3-5-8-15/h3-5,7-8,16H,6,9-14H2,1-2H3,(H,19,23)/t16-/m1/s1. The Hall–Kier alpha value is -1.88. The third kappa shape index (κ3) is 5.67. The van der Waals surface area contributed by atoms with E-state index in [4.69, 9.17) is 0 Å². The minimum Gasteiger partial charge on any atom is -0.356 e. The monoisotopic (exact) mass is 317 g/mol. The molecule has 126 valence electrons. The van der Waals surface area contributed by atoms with Crippen LogP contribution in [0.4, 0.5) is 0 Å². The smallest absolute Gasteiger partial charge is 0.225 e. The summed E-state index contributed by atoms with van der Waals surface area (Å²) in [5.41, 5.74) is 1.28. The second-order valence-electron chi connectivity index (χ2n) is 6.42. The van der Waals surface area contributed by atoms with Crippen LogP contribution in [-0.4, -0.2) is 61.9 Å². The summed E-state index contributed by atoms with van der Waals surface area (Å²) < 4.78 is 0. The van der Waals surface area contributed by atoms with Crippen molar-refractivity contribution in [2.45, 2.75) is 19.3 Å². The third-order valence-electron chi connectivity index (χ3n) is 4.19. The Morgan fingerprint density at radius 2 is 2.04 bits per heavy atom.